The number of hydrogen-bond acceptors (Lipinski definition) is 3. The highest BCUT2D eigenvalue weighted by Crippen LogP contribution is 2.36. The van der Waals surface area contributed by atoms with E-state index in [1.807, 2.05) is 0 Å². The summed E-state index contributed by atoms with van der Waals surface area (Å²) in [5, 5.41) is 0. The first-order valence-electron chi connectivity index (χ1n) is 4.58. The Hall–Kier alpha value is -1.13. The maximum atomic E-state index is 13.5. The third kappa shape index (κ3) is 1.27. The van der Waals surface area contributed by atoms with Gasteiger partial charge in [0, 0.05) is 13.0 Å². The molecule has 1 atom stereocenters. The predicted octanol–water partition coefficient (Wildman–Crippen LogP) is 0.721. The predicted molar refractivity (Wildman–Crippen MR) is 51.4 cm³/mol. The lowest BCUT2D eigenvalue weighted by Crippen LogP contribution is -2.48. The van der Waals surface area contributed by atoms with Crippen LogP contribution in [0.15, 0.2) is 18.2 Å². The van der Waals surface area contributed by atoms with Crippen LogP contribution in [0.3, 0.4) is 0 Å². The molecule has 14 heavy (non-hydrogen) atoms. The molecule has 0 fully saturated rings. The summed E-state index contributed by atoms with van der Waals surface area (Å²) < 4.78 is 18.9. The Kier molecular flexibility index (Phi) is 2.17. The third-order valence-corrected chi connectivity index (χ3v) is 2.64. The van der Waals surface area contributed by atoms with Gasteiger partial charge >= 0.3 is 0 Å². The minimum Gasteiger partial charge on any atom is -0.493 e. The van der Waals surface area contributed by atoms with Crippen LogP contribution >= 0.6 is 0 Å². The van der Waals surface area contributed by atoms with Gasteiger partial charge in [-0.3, -0.25) is 0 Å². The van der Waals surface area contributed by atoms with Crippen molar-refractivity contribution in [3.63, 3.8) is 0 Å². The molecule has 1 heterocycles. The van der Waals surface area contributed by atoms with E-state index in [-0.39, 0.29) is 12.4 Å². The summed E-state index contributed by atoms with van der Waals surface area (Å²) in [6.45, 7) is 0.717. The highest BCUT2D eigenvalue weighted by molar-refractivity contribution is 5.42. The lowest BCUT2D eigenvalue weighted by molar-refractivity contribution is 0.214. The van der Waals surface area contributed by atoms with Crippen molar-refractivity contribution in [2.24, 2.45) is 11.5 Å². The molecular formula is C10H13FN2O. The molecule has 0 radical (unpaired) electrons. The summed E-state index contributed by atoms with van der Waals surface area (Å²) in [7, 11) is 0. The van der Waals surface area contributed by atoms with Crippen molar-refractivity contribution in [3.8, 4) is 5.75 Å². The van der Waals surface area contributed by atoms with E-state index >= 15 is 0 Å². The zero-order valence-electron chi connectivity index (χ0n) is 7.79. The van der Waals surface area contributed by atoms with Gasteiger partial charge in [0.25, 0.3) is 0 Å². The highest BCUT2D eigenvalue weighted by Gasteiger charge is 2.35. The molecule has 0 aromatic heterocycles. The molecule has 1 aliphatic rings. The van der Waals surface area contributed by atoms with Crippen LogP contribution in [0.4, 0.5) is 4.39 Å². The molecule has 1 aromatic rings. The molecule has 0 spiro atoms. The third-order valence-electron chi connectivity index (χ3n) is 2.64. The van der Waals surface area contributed by atoms with Crippen molar-refractivity contribution < 1.29 is 9.13 Å². The summed E-state index contributed by atoms with van der Waals surface area (Å²) >= 11 is 0. The van der Waals surface area contributed by atoms with Crippen LogP contribution in [-0.2, 0) is 5.54 Å². The van der Waals surface area contributed by atoms with Crippen LogP contribution in [0.5, 0.6) is 5.75 Å². The Balaban J connectivity index is 2.58. The molecule has 1 aliphatic heterocycles. The molecule has 4 heteroatoms. The van der Waals surface area contributed by atoms with Gasteiger partial charge in [-0.15, -0.1) is 0 Å². The fraction of sp³-hybridized carbons (Fsp3) is 0.400. The Morgan fingerprint density at radius 2 is 2.29 bits per heavy atom. The van der Waals surface area contributed by atoms with Gasteiger partial charge in [0.15, 0.2) is 0 Å². The first kappa shape index (κ1) is 9.43. The maximum absolute atomic E-state index is 13.5. The largest absolute Gasteiger partial charge is 0.493 e. The Morgan fingerprint density at radius 3 is 3.00 bits per heavy atom. The minimum atomic E-state index is -0.779. The van der Waals surface area contributed by atoms with Gasteiger partial charge in [0.2, 0.25) is 0 Å². The molecule has 4 N–H and O–H groups in total. The summed E-state index contributed by atoms with van der Waals surface area (Å²) in [6, 6.07) is 4.70. The number of benzene rings is 1. The van der Waals surface area contributed by atoms with Crippen LogP contribution in [-0.4, -0.2) is 13.2 Å². The van der Waals surface area contributed by atoms with E-state index in [2.05, 4.69) is 0 Å². The van der Waals surface area contributed by atoms with Crippen LogP contribution in [0.25, 0.3) is 0 Å². The van der Waals surface area contributed by atoms with Crippen LogP contribution in [0, 0.1) is 5.82 Å². The summed E-state index contributed by atoms with van der Waals surface area (Å²) in [4.78, 5) is 0. The molecule has 2 rings (SSSR count). The second kappa shape index (κ2) is 3.22. The van der Waals surface area contributed by atoms with Crippen molar-refractivity contribution in [1.82, 2.24) is 0 Å². The molecule has 0 saturated carbocycles. The quantitative estimate of drug-likeness (QED) is 0.695. The zero-order valence-corrected chi connectivity index (χ0v) is 7.79. The van der Waals surface area contributed by atoms with Crippen molar-refractivity contribution in [2.45, 2.75) is 12.0 Å². The first-order chi connectivity index (χ1) is 6.67. The Morgan fingerprint density at radius 1 is 1.50 bits per heavy atom. The maximum Gasteiger partial charge on any atom is 0.132 e. The lowest BCUT2D eigenvalue weighted by atomic mass is 9.85. The van der Waals surface area contributed by atoms with Crippen molar-refractivity contribution in [3.05, 3.63) is 29.6 Å². The fourth-order valence-electron chi connectivity index (χ4n) is 1.78. The molecule has 76 valence electrons. The number of hydrogen-bond donors (Lipinski definition) is 2. The van der Waals surface area contributed by atoms with Crippen molar-refractivity contribution >= 4 is 0 Å². The van der Waals surface area contributed by atoms with E-state index in [0.717, 1.165) is 0 Å². The lowest BCUT2D eigenvalue weighted by Gasteiger charge is -2.34. The van der Waals surface area contributed by atoms with E-state index in [1.54, 1.807) is 12.1 Å². The number of rotatable bonds is 1. The average molecular weight is 196 g/mol. The number of nitrogens with two attached hydrogens (primary N) is 2. The molecule has 0 bridgehead atoms. The van der Waals surface area contributed by atoms with Crippen LogP contribution < -0.4 is 16.2 Å². The van der Waals surface area contributed by atoms with E-state index in [0.29, 0.717) is 24.3 Å². The van der Waals surface area contributed by atoms with Crippen molar-refractivity contribution in [1.29, 1.82) is 0 Å². The second-order valence-electron chi connectivity index (χ2n) is 3.57. The summed E-state index contributed by atoms with van der Waals surface area (Å²) in [5.74, 6) is 0.180. The van der Waals surface area contributed by atoms with Gasteiger partial charge in [0.05, 0.1) is 17.7 Å². The van der Waals surface area contributed by atoms with E-state index in [1.165, 1.54) is 6.07 Å². The van der Waals surface area contributed by atoms with Crippen LogP contribution in [0.2, 0.25) is 0 Å². The number of fused-ring (bicyclic) bond motifs is 1. The van der Waals surface area contributed by atoms with E-state index in [9.17, 15) is 4.39 Å². The van der Waals surface area contributed by atoms with Crippen molar-refractivity contribution in [2.75, 3.05) is 13.2 Å². The fourth-order valence-corrected chi connectivity index (χ4v) is 1.78. The van der Waals surface area contributed by atoms with Gasteiger partial charge in [-0.05, 0) is 12.1 Å². The zero-order chi connectivity index (χ0) is 10.2. The Bertz CT molecular complexity index is 356. The van der Waals surface area contributed by atoms with E-state index in [4.69, 9.17) is 16.2 Å². The average Bonchev–Trinajstić information content (AvgIpc) is 2.18. The molecule has 1 aromatic carbocycles. The normalized spacial score (nSPS) is 25.4. The topological polar surface area (TPSA) is 61.3 Å². The van der Waals surface area contributed by atoms with Gasteiger partial charge in [-0.1, -0.05) is 6.07 Å². The molecule has 0 saturated heterocycles. The van der Waals surface area contributed by atoms with Gasteiger partial charge in [0.1, 0.15) is 11.6 Å². The highest BCUT2D eigenvalue weighted by atomic mass is 19.1. The molecular weight excluding hydrogens is 183 g/mol. The minimum absolute atomic E-state index is 0.226. The van der Waals surface area contributed by atoms with Crippen LogP contribution in [0.1, 0.15) is 12.0 Å². The second-order valence-corrected chi connectivity index (χ2v) is 3.57. The smallest absolute Gasteiger partial charge is 0.132 e. The molecule has 0 aliphatic carbocycles. The van der Waals surface area contributed by atoms with E-state index < -0.39 is 5.54 Å². The summed E-state index contributed by atoms with van der Waals surface area (Å²) in [6.07, 6.45) is 0.553. The van der Waals surface area contributed by atoms with Gasteiger partial charge in [-0.2, -0.15) is 0 Å². The number of halogens is 1. The Labute approximate surface area is 81.8 Å². The standard InChI is InChI=1S/C10H13FN2O/c11-7-2-1-3-8-9(7)10(13,6-12)4-5-14-8/h1-3H,4-6,12-13H2. The monoisotopic (exact) mass is 196 g/mol. The number of ether oxygens (including phenoxy) is 1. The molecule has 0 amide bonds. The molecule has 1 unspecified atom stereocenters. The summed E-state index contributed by atoms with van der Waals surface area (Å²) in [5.41, 5.74) is 11.2. The first-order valence-corrected chi connectivity index (χ1v) is 4.58. The van der Waals surface area contributed by atoms with Gasteiger partial charge < -0.3 is 16.2 Å². The molecule has 3 nitrogen and oxygen atoms in total. The SMILES string of the molecule is NCC1(N)CCOc2cccc(F)c21. The van der Waals surface area contributed by atoms with Gasteiger partial charge in [-0.25, -0.2) is 4.39 Å².